The van der Waals surface area contributed by atoms with Gasteiger partial charge in [-0.1, -0.05) is 105 Å². The van der Waals surface area contributed by atoms with Gasteiger partial charge in [0, 0.05) is 18.6 Å². The standard InChI is InChI=1S/C28H28N2O3/c1-21(2)27(33,18-26(31)32)25-19-30(20-29-25)28(22-12-6-3-7-13-22,23-14-8-4-9-15-23)24-16-10-5-11-17-24/h3-17,19-21,33H,18H2,1-2H3,(H,31,32)/p-1. The minimum atomic E-state index is -1.65. The Bertz CT molecular complexity index is 1110. The molecule has 4 aromatic rings. The van der Waals surface area contributed by atoms with Crippen molar-refractivity contribution in [3.05, 3.63) is 126 Å². The number of nitrogens with zero attached hydrogens (tertiary/aromatic N) is 2. The van der Waals surface area contributed by atoms with Crippen LogP contribution >= 0.6 is 0 Å². The summed E-state index contributed by atoms with van der Waals surface area (Å²) in [4.78, 5) is 16.0. The molecule has 1 heterocycles. The molecule has 0 radical (unpaired) electrons. The zero-order chi connectivity index (χ0) is 23.5. The first-order valence-electron chi connectivity index (χ1n) is 11.0. The highest BCUT2D eigenvalue weighted by molar-refractivity contribution is 5.66. The Balaban J connectivity index is 2.03. The van der Waals surface area contributed by atoms with E-state index < -0.39 is 23.5 Å². The molecular weight excluding hydrogens is 412 g/mol. The molecule has 5 heteroatoms. The molecule has 0 amide bonds. The second kappa shape index (κ2) is 9.04. The van der Waals surface area contributed by atoms with E-state index in [0.717, 1.165) is 16.7 Å². The van der Waals surface area contributed by atoms with Crippen LogP contribution in [0.4, 0.5) is 0 Å². The summed E-state index contributed by atoms with van der Waals surface area (Å²) in [6, 6.07) is 30.3. The van der Waals surface area contributed by atoms with E-state index in [1.54, 1.807) is 26.4 Å². The summed E-state index contributed by atoms with van der Waals surface area (Å²) < 4.78 is 1.96. The molecule has 168 valence electrons. The van der Waals surface area contributed by atoms with Crippen molar-refractivity contribution < 1.29 is 15.0 Å². The molecule has 0 aliphatic carbocycles. The van der Waals surface area contributed by atoms with Gasteiger partial charge in [0.05, 0.1) is 12.0 Å². The number of carboxylic acids is 1. The Morgan fingerprint density at radius 2 is 1.30 bits per heavy atom. The van der Waals surface area contributed by atoms with Crippen LogP contribution in [-0.2, 0) is 15.9 Å². The summed E-state index contributed by atoms with van der Waals surface area (Å²) in [6.07, 6.45) is 2.90. The number of aliphatic carboxylic acids is 1. The van der Waals surface area contributed by atoms with Gasteiger partial charge in [-0.05, 0) is 22.6 Å². The van der Waals surface area contributed by atoms with Crippen LogP contribution in [0.25, 0.3) is 0 Å². The predicted octanol–water partition coefficient (Wildman–Crippen LogP) is 3.71. The van der Waals surface area contributed by atoms with Crippen molar-refractivity contribution >= 4 is 5.97 Å². The van der Waals surface area contributed by atoms with E-state index in [-0.39, 0.29) is 5.92 Å². The molecule has 0 saturated carbocycles. The van der Waals surface area contributed by atoms with Gasteiger partial charge in [0.2, 0.25) is 0 Å². The summed E-state index contributed by atoms with van der Waals surface area (Å²) >= 11 is 0. The molecule has 1 N–H and O–H groups in total. The van der Waals surface area contributed by atoms with Gasteiger partial charge in [0.15, 0.2) is 0 Å². The number of carbonyl (C=O) groups is 1. The normalized spacial score (nSPS) is 13.6. The lowest BCUT2D eigenvalue weighted by molar-refractivity contribution is -0.310. The lowest BCUT2D eigenvalue weighted by Crippen LogP contribution is -2.40. The molecule has 1 atom stereocenters. The van der Waals surface area contributed by atoms with E-state index in [9.17, 15) is 15.0 Å². The first-order valence-corrected chi connectivity index (χ1v) is 11.0. The first kappa shape index (κ1) is 22.5. The minimum Gasteiger partial charge on any atom is -0.550 e. The number of imidazole rings is 1. The SMILES string of the molecule is CC(C)C(O)(CC(=O)[O-])c1cn(C(c2ccccc2)(c2ccccc2)c2ccccc2)cn1. The van der Waals surface area contributed by atoms with Gasteiger partial charge in [-0.25, -0.2) is 4.98 Å². The van der Waals surface area contributed by atoms with E-state index in [0.29, 0.717) is 5.69 Å². The largest absolute Gasteiger partial charge is 0.550 e. The molecule has 0 aliphatic heterocycles. The molecule has 33 heavy (non-hydrogen) atoms. The maximum Gasteiger partial charge on any atom is 0.121 e. The van der Waals surface area contributed by atoms with Crippen molar-refractivity contribution in [2.45, 2.75) is 31.4 Å². The summed E-state index contributed by atoms with van der Waals surface area (Å²) in [5.41, 5.74) is 0.903. The van der Waals surface area contributed by atoms with E-state index in [4.69, 9.17) is 0 Å². The number of rotatable bonds is 8. The first-order chi connectivity index (χ1) is 15.9. The molecule has 0 aliphatic rings. The summed E-state index contributed by atoms with van der Waals surface area (Å²) in [5, 5.41) is 22.8. The van der Waals surface area contributed by atoms with Crippen LogP contribution in [0, 0.1) is 5.92 Å². The fourth-order valence-corrected chi connectivity index (χ4v) is 4.53. The van der Waals surface area contributed by atoms with Crippen molar-refractivity contribution in [3.8, 4) is 0 Å². The Morgan fingerprint density at radius 3 is 1.67 bits per heavy atom. The van der Waals surface area contributed by atoms with Gasteiger partial charge in [-0.15, -0.1) is 0 Å². The number of hydrogen-bond donors (Lipinski definition) is 1. The number of aromatic nitrogens is 2. The average Bonchev–Trinajstić information content (AvgIpc) is 3.32. The smallest absolute Gasteiger partial charge is 0.121 e. The zero-order valence-electron chi connectivity index (χ0n) is 18.8. The van der Waals surface area contributed by atoms with E-state index in [2.05, 4.69) is 41.4 Å². The minimum absolute atomic E-state index is 0.300. The molecule has 1 aromatic heterocycles. The van der Waals surface area contributed by atoms with Gasteiger partial charge in [-0.3, -0.25) is 0 Å². The number of carbonyl (C=O) groups excluding carboxylic acids is 1. The van der Waals surface area contributed by atoms with Gasteiger partial charge in [0.1, 0.15) is 11.1 Å². The molecule has 0 bridgehead atoms. The third-order valence-corrected chi connectivity index (χ3v) is 6.36. The van der Waals surface area contributed by atoms with Crippen molar-refractivity contribution in [2.24, 2.45) is 5.92 Å². The number of hydrogen-bond acceptors (Lipinski definition) is 4. The van der Waals surface area contributed by atoms with E-state index >= 15 is 0 Å². The molecule has 0 saturated heterocycles. The van der Waals surface area contributed by atoms with Crippen LogP contribution in [0.2, 0.25) is 0 Å². The fraction of sp³-hybridized carbons (Fsp3) is 0.214. The molecule has 1 unspecified atom stereocenters. The van der Waals surface area contributed by atoms with Gasteiger partial charge >= 0.3 is 0 Å². The van der Waals surface area contributed by atoms with Crippen LogP contribution < -0.4 is 5.11 Å². The fourth-order valence-electron chi connectivity index (χ4n) is 4.53. The van der Waals surface area contributed by atoms with Crippen molar-refractivity contribution in [1.29, 1.82) is 0 Å². The van der Waals surface area contributed by atoms with Crippen LogP contribution in [0.3, 0.4) is 0 Å². The third kappa shape index (κ3) is 3.96. The Hall–Kier alpha value is -3.70. The molecule has 0 fully saturated rings. The topological polar surface area (TPSA) is 78.2 Å². The predicted molar refractivity (Wildman–Crippen MR) is 125 cm³/mol. The highest BCUT2D eigenvalue weighted by atomic mass is 16.4. The van der Waals surface area contributed by atoms with Crippen molar-refractivity contribution in [1.82, 2.24) is 9.55 Å². The Labute approximate surface area is 194 Å². The summed E-state index contributed by atoms with van der Waals surface area (Å²) in [6.45, 7) is 3.56. The zero-order valence-corrected chi connectivity index (χ0v) is 18.8. The maximum absolute atomic E-state index is 11.5. The van der Waals surface area contributed by atoms with Gasteiger partial charge in [-0.2, -0.15) is 0 Å². The van der Waals surface area contributed by atoms with Crippen LogP contribution in [-0.4, -0.2) is 20.6 Å². The molecule has 5 nitrogen and oxygen atoms in total. The average molecular weight is 440 g/mol. The lowest BCUT2D eigenvalue weighted by Gasteiger charge is -2.37. The quantitative estimate of drug-likeness (QED) is 0.425. The summed E-state index contributed by atoms with van der Waals surface area (Å²) in [5.74, 6) is -1.69. The molecule has 0 spiro atoms. The van der Waals surface area contributed by atoms with Crippen molar-refractivity contribution in [2.75, 3.05) is 0 Å². The number of aliphatic hydroxyl groups is 1. The number of benzene rings is 3. The maximum atomic E-state index is 11.5. The molecular formula is C28H27N2O3-. The number of carboxylic acid groups (broad SMARTS) is 1. The Morgan fingerprint density at radius 1 is 0.879 bits per heavy atom. The van der Waals surface area contributed by atoms with Crippen LogP contribution in [0.1, 0.15) is 42.7 Å². The molecule has 4 rings (SSSR count). The molecule has 3 aromatic carbocycles. The van der Waals surface area contributed by atoms with E-state index in [1.807, 2.05) is 59.2 Å². The van der Waals surface area contributed by atoms with Gasteiger partial charge in [0.25, 0.3) is 0 Å². The lowest BCUT2D eigenvalue weighted by atomic mass is 9.76. The Kier molecular flexibility index (Phi) is 6.16. The monoisotopic (exact) mass is 439 g/mol. The highest BCUT2D eigenvalue weighted by Crippen LogP contribution is 2.42. The van der Waals surface area contributed by atoms with Crippen LogP contribution in [0.5, 0.6) is 0 Å². The van der Waals surface area contributed by atoms with Crippen LogP contribution in [0.15, 0.2) is 104 Å². The van der Waals surface area contributed by atoms with Gasteiger partial charge < -0.3 is 19.6 Å². The van der Waals surface area contributed by atoms with E-state index in [1.165, 1.54) is 0 Å². The second-order valence-electron chi connectivity index (χ2n) is 8.60. The van der Waals surface area contributed by atoms with Crippen molar-refractivity contribution in [3.63, 3.8) is 0 Å². The third-order valence-electron chi connectivity index (χ3n) is 6.36. The highest BCUT2D eigenvalue weighted by Gasteiger charge is 2.41. The summed E-state index contributed by atoms with van der Waals surface area (Å²) in [7, 11) is 0. The second-order valence-corrected chi connectivity index (χ2v) is 8.60.